The van der Waals surface area contributed by atoms with Gasteiger partial charge in [-0.3, -0.25) is 0 Å². The third kappa shape index (κ3) is 3.94. The van der Waals surface area contributed by atoms with Crippen molar-refractivity contribution in [2.24, 2.45) is 0 Å². The van der Waals surface area contributed by atoms with Crippen LogP contribution >= 0.6 is 11.3 Å². The molecule has 10 nitrogen and oxygen atoms in total. The molecule has 0 radical (unpaired) electrons. The van der Waals surface area contributed by atoms with Gasteiger partial charge in [-0.25, -0.2) is 9.97 Å². The van der Waals surface area contributed by atoms with Gasteiger partial charge in [0.2, 0.25) is 5.95 Å². The van der Waals surface area contributed by atoms with Crippen molar-refractivity contribution in [2.45, 2.75) is 6.92 Å². The van der Waals surface area contributed by atoms with E-state index in [2.05, 4.69) is 30.6 Å². The number of anilines is 3. The zero-order valence-electron chi connectivity index (χ0n) is 16.9. The predicted molar refractivity (Wildman–Crippen MR) is 119 cm³/mol. The Kier molecular flexibility index (Phi) is 5.00. The lowest BCUT2D eigenvalue weighted by Crippen LogP contribution is -2.23. The van der Waals surface area contributed by atoms with Crippen molar-refractivity contribution in [3.8, 4) is 11.4 Å². The number of hydrogen-bond acceptors (Lipinski definition) is 10. The maximum Gasteiger partial charge on any atom is 0.231 e. The Morgan fingerprint density at radius 3 is 2.97 bits per heavy atom. The molecule has 5 rings (SSSR count). The summed E-state index contributed by atoms with van der Waals surface area (Å²) in [7, 11) is 1.64. The van der Waals surface area contributed by atoms with Crippen molar-refractivity contribution in [3.05, 3.63) is 54.4 Å². The number of aryl methyl sites for hydroxylation is 1. The van der Waals surface area contributed by atoms with Crippen molar-refractivity contribution >= 4 is 39.1 Å². The van der Waals surface area contributed by atoms with E-state index < -0.39 is 0 Å². The van der Waals surface area contributed by atoms with Crippen molar-refractivity contribution in [2.75, 3.05) is 31.1 Å². The van der Waals surface area contributed by atoms with Crippen LogP contribution in [-0.4, -0.2) is 49.9 Å². The second kappa shape index (κ2) is 8.11. The highest BCUT2D eigenvalue weighted by Gasteiger charge is 2.13. The zero-order valence-corrected chi connectivity index (χ0v) is 17.8. The average molecular weight is 437 g/mol. The van der Waals surface area contributed by atoms with Crippen LogP contribution in [-0.2, 0) is 4.74 Å². The minimum Gasteiger partial charge on any atom is -0.494 e. The Labute approximate surface area is 182 Å². The lowest BCUT2D eigenvalue weighted by atomic mass is 10.2. The van der Waals surface area contributed by atoms with Crippen molar-refractivity contribution in [3.63, 3.8) is 0 Å². The summed E-state index contributed by atoms with van der Waals surface area (Å²) in [6.45, 7) is 3.02. The van der Waals surface area contributed by atoms with E-state index in [0.29, 0.717) is 36.6 Å². The van der Waals surface area contributed by atoms with Crippen molar-refractivity contribution in [1.82, 2.24) is 29.4 Å². The molecule has 0 saturated carbocycles. The summed E-state index contributed by atoms with van der Waals surface area (Å²) in [4.78, 5) is 19.8. The van der Waals surface area contributed by atoms with Crippen LogP contribution in [0.2, 0.25) is 0 Å². The summed E-state index contributed by atoms with van der Waals surface area (Å²) in [6.07, 6.45) is 7.26. The van der Waals surface area contributed by atoms with Gasteiger partial charge < -0.3 is 29.6 Å². The third-order valence-corrected chi connectivity index (χ3v) is 5.50. The monoisotopic (exact) mass is 436 g/mol. The van der Waals surface area contributed by atoms with Gasteiger partial charge in [0.25, 0.3) is 0 Å². The minimum atomic E-state index is 0.447. The SMILES string of the molecule is COc1cc(Nc2nc(NCN3C=COC3)c3scnc3n2)ccc1-n1cnc(C)c1. The van der Waals surface area contributed by atoms with Crippen molar-refractivity contribution < 1.29 is 9.47 Å². The molecule has 0 unspecified atom stereocenters. The van der Waals surface area contributed by atoms with Crippen LogP contribution in [0.25, 0.3) is 16.0 Å². The molecule has 4 heterocycles. The van der Waals surface area contributed by atoms with Crippen LogP contribution in [0.3, 0.4) is 0 Å². The molecule has 158 valence electrons. The van der Waals surface area contributed by atoms with Gasteiger partial charge in [-0.15, -0.1) is 11.3 Å². The average Bonchev–Trinajstić information content (AvgIpc) is 3.54. The van der Waals surface area contributed by atoms with Crippen LogP contribution in [0.4, 0.5) is 17.5 Å². The molecule has 2 N–H and O–H groups in total. The van der Waals surface area contributed by atoms with Gasteiger partial charge in [0.15, 0.2) is 18.2 Å². The number of imidazole rings is 1. The summed E-state index contributed by atoms with van der Waals surface area (Å²) in [5, 5.41) is 6.59. The van der Waals surface area contributed by atoms with Crippen LogP contribution in [0.5, 0.6) is 5.75 Å². The van der Waals surface area contributed by atoms with Gasteiger partial charge in [-0.1, -0.05) is 0 Å². The van der Waals surface area contributed by atoms with Crippen molar-refractivity contribution in [1.29, 1.82) is 0 Å². The molecule has 1 aromatic carbocycles. The summed E-state index contributed by atoms with van der Waals surface area (Å²) < 4.78 is 13.6. The second-order valence-corrected chi connectivity index (χ2v) is 7.69. The van der Waals surface area contributed by atoms with Gasteiger partial charge in [0, 0.05) is 24.2 Å². The van der Waals surface area contributed by atoms with E-state index in [9.17, 15) is 0 Å². The highest BCUT2D eigenvalue weighted by molar-refractivity contribution is 7.17. The van der Waals surface area contributed by atoms with Gasteiger partial charge in [-0.05, 0) is 19.1 Å². The first-order valence-corrected chi connectivity index (χ1v) is 10.4. The molecule has 0 spiro atoms. The molecule has 1 aliphatic rings. The number of methoxy groups -OCH3 is 1. The first kappa shape index (κ1) is 19.1. The van der Waals surface area contributed by atoms with Gasteiger partial charge in [-0.2, -0.15) is 9.97 Å². The number of hydrogen-bond donors (Lipinski definition) is 2. The lowest BCUT2D eigenvalue weighted by molar-refractivity contribution is 0.177. The molecular formula is C20H20N8O2S. The smallest absolute Gasteiger partial charge is 0.231 e. The Bertz CT molecular complexity index is 1250. The quantitative estimate of drug-likeness (QED) is 0.451. The summed E-state index contributed by atoms with van der Waals surface area (Å²) in [5.41, 5.74) is 5.03. The Morgan fingerprint density at radius 2 is 2.19 bits per heavy atom. The van der Waals surface area contributed by atoms with E-state index >= 15 is 0 Å². The normalized spacial score (nSPS) is 12.9. The van der Waals surface area contributed by atoms with E-state index in [0.717, 1.165) is 21.8 Å². The van der Waals surface area contributed by atoms with E-state index in [-0.39, 0.29) is 0 Å². The van der Waals surface area contributed by atoms with Crippen LogP contribution in [0.1, 0.15) is 5.69 Å². The standard InChI is InChI=1S/C20H20N8O2S/c1-13-8-28(10-21-13)15-4-3-14(7-16(15)29-2)24-20-25-18(17-19(26-20)23-11-31-17)22-9-27-5-6-30-12-27/h3-8,10-11H,9,12H2,1-2H3,(H2,22,24,25,26). The van der Waals surface area contributed by atoms with E-state index in [1.165, 1.54) is 11.3 Å². The zero-order chi connectivity index (χ0) is 21.2. The first-order valence-electron chi connectivity index (χ1n) is 9.53. The predicted octanol–water partition coefficient (Wildman–Crippen LogP) is 3.46. The maximum absolute atomic E-state index is 5.59. The van der Waals surface area contributed by atoms with Crippen LogP contribution < -0.4 is 15.4 Å². The minimum absolute atomic E-state index is 0.447. The lowest BCUT2D eigenvalue weighted by Gasteiger charge is -2.16. The fraction of sp³-hybridized carbons (Fsp3) is 0.200. The number of nitrogens with one attached hydrogen (secondary N) is 2. The molecule has 0 fully saturated rings. The van der Waals surface area contributed by atoms with Crippen LogP contribution in [0.15, 0.2) is 48.7 Å². The number of rotatable bonds is 7. The van der Waals surface area contributed by atoms with E-state index in [1.54, 1.807) is 25.2 Å². The Morgan fingerprint density at radius 1 is 1.26 bits per heavy atom. The molecular weight excluding hydrogens is 416 g/mol. The molecule has 31 heavy (non-hydrogen) atoms. The third-order valence-electron chi connectivity index (χ3n) is 4.68. The number of ether oxygens (including phenoxy) is 2. The Hall–Kier alpha value is -3.86. The summed E-state index contributed by atoms with van der Waals surface area (Å²) in [6, 6.07) is 5.81. The highest BCUT2D eigenvalue weighted by Crippen LogP contribution is 2.30. The van der Waals surface area contributed by atoms with Gasteiger partial charge in [0.05, 0.1) is 37.0 Å². The largest absolute Gasteiger partial charge is 0.494 e. The topological polar surface area (TPSA) is 102 Å². The fourth-order valence-corrected chi connectivity index (χ4v) is 3.87. The number of benzene rings is 1. The second-order valence-electron chi connectivity index (χ2n) is 6.84. The summed E-state index contributed by atoms with van der Waals surface area (Å²) in [5.74, 6) is 1.87. The van der Waals surface area contributed by atoms with Gasteiger partial charge in [0.1, 0.15) is 16.7 Å². The fourth-order valence-electron chi connectivity index (χ4n) is 3.18. The molecule has 11 heteroatoms. The molecule has 3 aromatic heterocycles. The van der Waals surface area contributed by atoms with E-state index in [4.69, 9.17) is 9.47 Å². The van der Waals surface area contributed by atoms with E-state index in [1.807, 2.05) is 47.0 Å². The number of thiazole rings is 1. The molecule has 4 aromatic rings. The highest BCUT2D eigenvalue weighted by atomic mass is 32.1. The molecule has 0 bridgehead atoms. The number of fused-ring (bicyclic) bond motifs is 1. The van der Waals surface area contributed by atoms with Crippen LogP contribution in [0, 0.1) is 6.92 Å². The molecule has 0 amide bonds. The number of nitrogens with zero attached hydrogens (tertiary/aromatic N) is 6. The number of aromatic nitrogens is 5. The summed E-state index contributed by atoms with van der Waals surface area (Å²) >= 11 is 1.50. The maximum atomic E-state index is 5.59. The van der Waals surface area contributed by atoms with Gasteiger partial charge >= 0.3 is 0 Å². The molecule has 0 aliphatic carbocycles. The Balaban J connectivity index is 1.41. The first-order chi connectivity index (χ1) is 15.2. The molecule has 0 atom stereocenters. The molecule has 1 aliphatic heterocycles. The molecule has 0 saturated heterocycles.